The van der Waals surface area contributed by atoms with E-state index >= 15 is 0 Å². The smallest absolute Gasteiger partial charge is 0.404 e. The Morgan fingerprint density at radius 3 is 2.55 bits per heavy atom. The molecule has 5 aliphatic rings. The minimum atomic E-state index is -2.33. The number of rotatable bonds is 7. The molecule has 15 nitrogen and oxygen atoms in total. The van der Waals surface area contributed by atoms with Crippen LogP contribution in [0, 0.1) is 0 Å². The monoisotopic (exact) mass is 703 g/mol. The van der Waals surface area contributed by atoms with Gasteiger partial charge in [0.05, 0.1) is 42.6 Å². The number of halogens is 1. The lowest BCUT2D eigenvalue weighted by Gasteiger charge is -2.43. The largest absolute Gasteiger partial charge is 0.507 e. The number of fused-ring (bicyclic) bond motifs is 6. The van der Waals surface area contributed by atoms with Crippen LogP contribution in [-0.4, -0.2) is 120 Å². The molecule has 3 N–H and O–H groups in total. The zero-order valence-corrected chi connectivity index (χ0v) is 27.4. The zero-order valence-electron chi connectivity index (χ0n) is 26.7. The predicted molar refractivity (Wildman–Crippen MR) is 164 cm³/mol. The van der Waals surface area contributed by atoms with Crippen molar-refractivity contribution in [3.05, 3.63) is 51.6 Å². The molecular formula is C33H34ClNO14. The van der Waals surface area contributed by atoms with Crippen molar-refractivity contribution >= 4 is 34.4 Å². The highest BCUT2D eigenvalue weighted by atomic mass is 35.5. The van der Waals surface area contributed by atoms with Gasteiger partial charge in [-0.25, -0.2) is 4.79 Å². The van der Waals surface area contributed by atoms with Gasteiger partial charge in [0.25, 0.3) is 0 Å². The number of benzene rings is 2. The predicted octanol–water partition coefficient (Wildman–Crippen LogP) is 2.09. The first-order chi connectivity index (χ1) is 23.4. The Morgan fingerprint density at radius 1 is 1.08 bits per heavy atom. The molecule has 0 radical (unpaired) electrons. The summed E-state index contributed by atoms with van der Waals surface area (Å²) in [5, 5.41) is 35.2. The van der Waals surface area contributed by atoms with Gasteiger partial charge in [-0.15, -0.1) is 0 Å². The number of hydrogen-bond acceptors (Lipinski definition) is 15. The molecule has 0 amide bonds. The molecule has 0 saturated carbocycles. The molecule has 0 bridgehead atoms. The second-order valence-electron chi connectivity index (χ2n) is 12.6. The second kappa shape index (κ2) is 12.6. The van der Waals surface area contributed by atoms with Crippen molar-refractivity contribution in [3.8, 4) is 17.2 Å². The number of carbonyl (C=O) groups is 4. The van der Waals surface area contributed by atoms with Gasteiger partial charge in [0.15, 0.2) is 31.2 Å². The van der Waals surface area contributed by atoms with E-state index in [-0.39, 0.29) is 46.6 Å². The van der Waals surface area contributed by atoms with Gasteiger partial charge in [-0.2, -0.15) is 0 Å². The van der Waals surface area contributed by atoms with Crippen molar-refractivity contribution in [1.29, 1.82) is 0 Å². The zero-order chi connectivity index (χ0) is 34.9. The lowest BCUT2D eigenvalue weighted by molar-refractivity contribution is -0.256. The number of hydrogen-bond donors (Lipinski definition) is 3. The standard InChI is InChI=1S/C33H34ClNO14/c1-13-29-16(35-7-8-45-31(44-3)30(35)49-29)9-20(47-13)48-18-11-33(42,19(36)12-46-32(34)41)10-15-22(18)28(40)24-23(26(15)38)25(37)14-5-4-6-17(43-2)21(14)27(24)39/h4-6,13,16,18,20,29-31,38,40,42H,7-12H2,1-3H3/t13-,16-,18-,20?,29+,30+,31?,33-/m0/s1. The van der Waals surface area contributed by atoms with Gasteiger partial charge in [-0.3, -0.25) is 19.3 Å². The topological polar surface area (TPSA) is 197 Å². The van der Waals surface area contributed by atoms with Crippen molar-refractivity contribution in [2.45, 2.75) is 74.9 Å². The first-order valence-corrected chi connectivity index (χ1v) is 16.1. The molecule has 16 heteroatoms. The number of carbonyl (C=O) groups excluding carboxylic acids is 4. The summed E-state index contributed by atoms with van der Waals surface area (Å²) >= 11 is 5.27. The number of nitrogens with zero attached hydrogens (tertiary/aromatic N) is 1. The summed E-state index contributed by atoms with van der Waals surface area (Å²) < 4.78 is 40.1. The molecule has 2 unspecified atom stereocenters. The Morgan fingerprint density at radius 2 is 1.84 bits per heavy atom. The maximum atomic E-state index is 14.0. The minimum Gasteiger partial charge on any atom is -0.507 e. The first-order valence-electron chi connectivity index (χ1n) is 15.7. The van der Waals surface area contributed by atoms with Crippen molar-refractivity contribution in [2.24, 2.45) is 0 Å². The van der Waals surface area contributed by atoms with E-state index in [0.717, 1.165) is 0 Å². The number of Topliss-reactive ketones (excluding diaryl/α,β-unsaturated/α-hetero) is 1. The van der Waals surface area contributed by atoms with Crippen LogP contribution in [0.1, 0.15) is 68.8 Å². The number of phenols is 2. The van der Waals surface area contributed by atoms with E-state index in [4.69, 9.17) is 40.0 Å². The molecule has 2 aliphatic carbocycles. The van der Waals surface area contributed by atoms with E-state index in [1.54, 1.807) is 6.92 Å². The summed E-state index contributed by atoms with van der Waals surface area (Å²) in [4.78, 5) is 54.4. The summed E-state index contributed by atoms with van der Waals surface area (Å²) in [6.07, 6.45) is -5.21. The molecule has 7 rings (SSSR count). The third-order valence-electron chi connectivity index (χ3n) is 10.0. The highest BCUT2D eigenvalue weighted by Crippen LogP contribution is 2.53. The van der Waals surface area contributed by atoms with Crippen LogP contribution in [0.2, 0.25) is 0 Å². The molecule has 0 aromatic heterocycles. The lowest BCUT2D eigenvalue weighted by Crippen LogP contribution is -2.55. The van der Waals surface area contributed by atoms with Crippen LogP contribution < -0.4 is 4.74 Å². The highest BCUT2D eigenvalue weighted by Gasteiger charge is 2.55. The van der Waals surface area contributed by atoms with Crippen LogP contribution in [0.25, 0.3) is 0 Å². The molecule has 0 spiro atoms. The fourth-order valence-corrected chi connectivity index (χ4v) is 7.85. The van der Waals surface area contributed by atoms with Crippen LogP contribution in [-0.2, 0) is 39.6 Å². The second-order valence-corrected chi connectivity index (χ2v) is 13.0. The summed E-state index contributed by atoms with van der Waals surface area (Å²) in [5.41, 5.74) is -5.03. The van der Waals surface area contributed by atoms with Crippen LogP contribution >= 0.6 is 11.6 Å². The molecule has 8 atom stereocenters. The number of ketones is 3. The van der Waals surface area contributed by atoms with E-state index in [9.17, 15) is 34.5 Å². The third-order valence-corrected chi connectivity index (χ3v) is 10.1. The summed E-state index contributed by atoms with van der Waals surface area (Å²) in [6, 6.07) is 4.17. The van der Waals surface area contributed by atoms with E-state index in [0.29, 0.717) is 13.2 Å². The van der Waals surface area contributed by atoms with Gasteiger partial charge in [-0.1, -0.05) is 12.1 Å². The van der Waals surface area contributed by atoms with Crippen molar-refractivity contribution in [1.82, 2.24) is 4.90 Å². The number of methoxy groups -OCH3 is 2. The Bertz CT molecular complexity index is 1750. The third kappa shape index (κ3) is 5.40. The number of phenolic OH excluding ortho intramolecular Hbond substituents is 2. The average molecular weight is 704 g/mol. The van der Waals surface area contributed by atoms with Gasteiger partial charge in [0.1, 0.15) is 29.0 Å². The highest BCUT2D eigenvalue weighted by molar-refractivity contribution is 6.61. The van der Waals surface area contributed by atoms with Crippen LogP contribution in [0.4, 0.5) is 4.79 Å². The summed E-state index contributed by atoms with van der Waals surface area (Å²) in [7, 11) is 2.85. The molecule has 49 heavy (non-hydrogen) atoms. The van der Waals surface area contributed by atoms with Crippen molar-refractivity contribution in [2.75, 3.05) is 34.0 Å². The fraction of sp³-hybridized carbons (Fsp3) is 0.515. The molecule has 262 valence electrons. The minimum absolute atomic E-state index is 0.0643. The Balaban J connectivity index is 1.29. The number of morpholine rings is 1. The SMILES string of the molecule is COc1cccc2c1C(=O)c1c(O)c3c(c(O)c1C2=O)C[C@@](O)(C(=O)COC(=O)Cl)C[C@@H]3OC1C[C@H]2[C@H](O[C@@H]3C(OC)OCCN32)[C@H](C)O1. The maximum Gasteiger partial charge on any atom is 0.404 e. The Labute approximate surface area is 284 Å². The van der Waals surface area contributed by atoms with Gasteiger partial charge in [0.2, 0.25) is 11.6 Å². The molecule has 3 fully saturated rings. The van der Waals surface area contributed by atoms with Crippen molar-refractivity contribution < 1.29 is 67.7 Å². The number of aromatic hydroxyl groups is 2. The fourth-order valence-electron chi connectivity index (χ4n) is 7.80. The normalized spacial score (nSPS) is 32.0. The van der Waals surface area contributed by atoms with Gasteiger partial charge in [0, 0.05) is 67.3 Å². The number of aliphatic hydroxyl groups is 1. The summed E-state index contributed by atoms with van der Waals surface area (Å²) in [6.45, 7) is 1.85. The molecule has 2 aromatic rings. The molecule has 3 heterocycles. The van der Waals surface area contributed by atoms with E-state index in [2.05, 4.69) is 9.64 Å². The number of ether oxygens (including phenoxy) is 7. The maximum absolute atomic E-state index is 14.0. The van der Waals surface area contributed by atoms with Crippen LogP contribution in [0.5, 0.6) is 17.2 Å². The molecule has 3 saturated heterocycles. The van der Waals surface area contributed by atoms with Gasteiger partial charge >= 0.3 is 5.43 Å². The van der Waals surface area contributed by atoms with E-state index in [1.165, 1.54) is 32.4 Å². The quantitative estimate of drug-likeness (QED) is 0.239. The molecular weight excluding hydrogens is 670 g/mol. The Hall–Kier alpha value is -3.67. The van der Waals surface area contributed by atoms with E-state index < -0.39 is 101 Å². The van der Waals surface area contributed by atoms with Crippen molar-refractivity contribution in [3.63, 3.8) is 0 Å². The lowest BCUT2D eigenvalue weighted by atomic mass is 9.72. The summed E-state index contributed by atoms with van der Waals surface area (Å²) in [5.74, 6) is -3.81. The first kappa shape index (κ1) is 33.8. The average Bonchev–Trinajstić information content (AvgIpc) is 3.46. The van der Waals surface area contributed by atoms with Gasteiger partial charge in [-0.05, 0) is 13.0 Å². The molecule has 3 aliphatic heterocycles. The molecule has 2 aromatic carbocycles. The van der Waals surface area contributed by atoms with Crippen LogP contribution in [0.3, 0.4) is 0 Å². The van der Waals surface area contributed by atoms with Crippen LogP contribution in [0.15, 0.2) is 18.2 Å². The van der Waals surface area contributed by atoms with Gasteiger partial charge < -0.3 is 48.5 Å². The Kier molecular flexibility index (Phi) is 8.68. The van der Waals surface area contributed by atoms with E-state index in [1.807, 2.05) is 0 Å².